The molecule has 1 aliphatic rings. The molecule has 1 aromatic carbocycles. The second-order valence-corrected chi connectivity index (χ2v) is 5.73. The van der Waals surface area contributed by atoms with Crippen molar-refractivity contribution < 1.29 is 4.74 Å². The van der Waals surface area contributed by atoms with Crippen molar-refractivity contribution in [1.29, 1.82) is 0 Å². The van der Waals surface area contributed by atoms with Gasteiger partial charge in [0.1, 0.15) is 10.5 Å². The zero-order valence-corrected chi connectivity index (χ0v) is 12.6. The normalized spacial score (nSPS) is 14.1. The van der Waals surface area contributed by atoms with Crippen LogP contribution >= 0.6 is 12.2 Å². The average Bonchev–Trinajstić information content (AvgIpc) is 2.43. The number of aryl methyl sites for hydroxylation is 2. The summed E-state index contributed by atoms with van der Waals surface area (Å²) in [4.78, 5) is 7.94. The van der Waals surface area contributed by atoms with Gasteiger partial charge in [-0.15, -0.1) is 0 Å². The summed E-state index contributed by atoms with van der Waals surface area (Å²) in [6, 6.07) is 6.53. The summed E-state index contributed by atoms with van der Waals surface area (Å²) in [6.45, 7) is 5.61. The second-order valence-electron chi connectivity index (χ2n) is 5.34. The smallest absolute Gasteiger partial charge is 0.135 e. The quantitative estimate of drug-likeness (QED) is 0.860. The molecule has 1 aliphatic heterocycles. The third-order valence-electron chi connectivity index (χ3n) is 3.84. The van der Waals surface area contributed by atoms with Gasteiger partial charge in [0.2, 0.25) is 0 Å². The summed E-state index contributed by atoms with van der Waals surface area (Å²) < 4.78 is 6.12. The Bertz CT molecular complexity index is 706. The Labute approximate surface area is 124 Å². The van der Waals surface area contributed by atoms with E-state index < -0.39 is 0 Å². The minimum Gasteiger partial charge on any atom is -0.376 e. The van der Waals surface area contributed by atoms with Gasteiger partial charge in [-0.2, -0.15) is 0 Å². The Balaban J connectivity index is 1.93. The monoisotopic (exact) mass is 286 g/mol. The highest BCUT2D eigenvalue weighted by atomic mass is 32.1. The highest BCUT2D eigenvalue weighted by Crippen LogP contribution is 2.17. The molecule has 20 heavy (non-hydrogen) atoms. The highest BCUT2D eigenvalue weighted by Gasteiger charge is 2.13. The molecular formula is C16H18N2OS. The van der Waals surface area contributed by atoms with E-state index in [1.165, 1.54) is 22.4 Å². The van der Waals surface area contributed by atoms with Crippen LogP contribution in [0.3, 0.4) is 0 Å². The largest absolute Gasteiger partial charge is 0.376 e. The van der Waals surface area contributed by atoms with E-state index in [0.29, 0.717) is 11.2 Å². The van der Waals surface area contributed by atoms with Crippen LogP contribution in [0.5, 0.6) is 0 Å². The molecule has 1 aromatic heterocycles. The summed E-state index contributed by atoms with van der Waals surface area (Å²) in [5.41, 5.74) is 6.13. The molecular weight excluding hydrogens is 268 g/mol. The van der Waals surface area contributed by atoms with E-state index in [0.717, 1.165) is 30.8 Å². The molecule has 0 spiro atoms. The molecule has 0 bridgehead atoms. The first-order valence-corrected chi connectivity index (χ1v) is 7.29. The minimum atomic E-state index is 0.585. The van der Waals surface area contributed by atoms with Crippen molar-refractivity contribution in [3.8, 4) is 0 Å². The van der Waals surface area contributed by atoms with Crippen LogP contribution in [0.1, 0.15) is 33.8 Å². The first-order chi connectivity index (χ1) is 9.63. The number of rotatable bonds is 2. The predicted octanol–water partition coefficient (Wildman–Crippen LogP) is 3.42. The maximum Gasteiger partial charge on any atom is 0.135 e. The van der Waals surface area contributed by atoms with E-state index in [-0.39, 0.29) is 0 Å². The summed E-state index contributed by atoms with van der Waals surface area (Å²) in [7, 11) is 0. The standard InChI is InChI=1S/C16H18N2OS/c1-10-3-4-12(7-11(10)2)8-15-17-14-5-6-19-9-13(14)16(20)18-15/h3-4,7H,5-6,8-9H2,1-2H3,(H,17,18,20). The van der Waals surface area contributed by atoms with E-state index in [4.69, 9.17) is 17.0 Å². The molecule has 0 unspecified atom stereocenters. The number of fused-ring (bicyclic) bond motifs is 1. The molecule has 3 rings (SSSR count). The lowest BCUT2D eigenvalue weighted by Crippen LogP contribution is -2.15. The van der Waals surface area contributed by atoms with Crippen molar-refractivity contribution >= 4 is 12.2 Å². The first-order valence-electron chi connectivity index (χ1n) is 6.88. The van der Waals surface area contributed by atoms with Crippen LogP contribution in [0.2, 0.25) is 0 Å². The average molecular weight is 286 g/mol. The van der Waals surface area contributed by atoms with Gasteiger partial charge < -0.3 is 9.72 Å². The fraction of sp³-hybridized carbons (Fsp3) is 0.375. The fourth-order valence-corrected chi connectivity index (χ4v) is 2.79. The third kappa shape index (κ3) is 2.67. The van der Waals surface area contributed by atoms with Crippen LogP contribution in [0.25, 0.3) is 0 Å². The maximum absolute atomic E-state index is 5.44. The van der Waals surface area contributed by atoms with Gasteiger partial charge in [-0.05, 0) is 30.5 Å². The molecule has 4 heteroatoms. The van der Waals surface area contributed by atoms with Gasteiger partial charge in [-0.3, -0.25) is 0 Å². The van der Waals surface area contributed by atoms with Crippen LogP contribution in [-0.4, -0.2) is 16.6 Å². The number of benzene rings is 1. The number of hydrogen-bond donors (Lipinski definition) is 1. The lowest BCUT2D eigenvalue weighted by atomic mass is 10.0. The molecule has 1 N–H and O–H groups in total. The lowest BCUT2D eigenvalue weighted by Gasteiger charge is -2.17. The highest BCUT2D eigenvalue weighted by molar-refractivity contribution is 7.71. The molecule has 0 amide bonds. The lowest BCUT2D eigenvalue weighted by molar-refractivity contribution is 0.108. The molecule has 0 aliphatic carbocycles. The van der Waals surface area contributed by atoms with Crippen molar-refractivity contribution in [2.75, 3.05) is 6.61 Å². The molecule has 0 radical (unpaired) electrons. The van der Waals surface area contributed by atoms with Gasteiger partial charge in [0.05, 0.1) is 13.2 Å². The SMILES string of the molecule is Cc1ccc(Cc2nc(=S)c3c([nH]2)CCOC3)cc1C. The molecule has 0 fully saturated rings. The molecule has 0 atom stereocenters. The van der Waals surface area contributed by atoms with E-state index >= 15 is 0 Å². The van der Waals surface area contributed by atoms with Gasteiger partial charge in [0.15, 0.2) is 0 Å². The Kier molecular flexibility index (Phi) is 3.68. The van der Waals surface area contributed by atoms with Gasteiger partial charge in [0.25, 0.3) is 0 Å². The van der Waals surface area contributed by atoms with Crippen LogP contribution in [0, 0.1) is 18.5 Å². The van der Waals surface area contributed by atoms with Crippen molar-refractivity contribution in [2.45, 2.75) is 33.3 Å². The maximum atomic E-state index is 5.44. The molecule has 2 aromatic rings. The second kappa shape index (κ2) is 5.46. The minimum absolute atomic E-state index is 0.585. The summed E-state index contributed by atoms with van der Waals surface area (Å²) in [5.74, 6) is 0.943. The Morgan fingerprint density at radius 1 is 1.30 bits per heavy atom. The van der Waals surface area contributed by atoms with E-state index in [9.17, 15) is 0 Å². The number of aromatic amines is 1. The van der Waals surface area contributed by atoms with Crippen LogP contribution in [0.4, 0.5) is 0 Å². The third-order valence-corrected chi connectivity index (χ3v) is 4.18. The number of hydrogen-bond acceptors (Lipinski definition) is 3. The van der Waals surface area contributed by atoms with E-state index in [2.05, 4.69) is 42.0 Å². The van der Waals surface area contributed by atoms with Crippen LogP contribution in [0.15, 0.2) is 18.2 Å². The van der Waals surface area contributed by atoms with Crippen molar-refractivity contribution in [3.63, 3.8) is 0 Å². The van der Waals surface area contributed by atoms with Gasteiger partial charge in [-0.25, -0.2) is 4.98 Å². The summed E-state index contributed by atoms with van der Waals surface area (Å²) >= 11 is 5.38. The zero-order valence-electron chi connectivity index (χ0n) is 11.8. The molecule has 3 nitrogen and oxygen atoms in total. The zero-order chi connectivity index (χ0) is 14.1. The summed E-state index contributed by atoms with van der Waals surface area (Å²) in [5, 5.41) is 0. The van der Waals surface area contributed by atoms with E-state index in [1.807, 2.05) is 0 Å². The van der Waals surface area contributed by atoms with Gasteiger partial charge in [-0.1, -0.05) is 30.4 Å². The Morgan fingerprint density at radius 3 is 2.95 bits per heavy atom. The number of aromatic nitrogens is 2. The van der Waals surface area contributed by atoms with Crippen molar-refractivity contribution in [1.82, 2.24) is 9.97 Å². The van der Waals surface area contributed by atoms with E-state index in [1.54, 1.807) is 0 Å². The van der Waals surface area contributed by atoms with Crippen molar-refractivity contribution in [2.24, 2.45) is 0 Å². The Hall–Kier alpha value is -1.52. The number of nitrogens with one attached hydrogen (secondary N) is 1. The van der Waals surface area contributed by atoms with Crippen molar-refractivity contribution in [3.05, 3.63) is 56.6 Å². The topological polar surface area (TPSA) is 37.9 Å². The summed E-state index contributed by atoms with van der Waals surface area (Å²) in [6.07, 6.45) is 1.68. The number of ether oxygens (including phenoxy) is 1. The molecule has 2 heterocycles. The first kappa shape index (κ1) is 13.5. The molecule has 104 valence electrons. The number of nitrogens with zero attached hydrogens (tertiary/aromatic N) is 1. The van der Waals surface area contributed by atoms with Crippen LogP contribution in [-0.2, 0) is 24.2 Å². The fourth-order valence-electron chi connectivity index (χ4n) is 2.50. The van der Waals surface area contributed by atoms with Crippen LogP contribution < -0.4 is 0 Å². The predicted molar refractivity (Wildman–Crippen MR) is 81.5 cm³/mol. The molecule has 0 saturated carbocycles. The Morgan fingerprint density at radius 2 is 2.15 bits per heavy atom. The number of H-pyrrole nitrogens is 1. The van der Waals surface area contributed by atoms with Gasteiger partial charge in [0, 0.05) is 24.1 Å². The van der Waals surface area contributed by atoms with Gasteiger partial charge >= 0.3 is 0 Å². The molecule has 0 saturated heterocycles.